The SMILES string of the molecule is C=CCN1[C@@H](C(=O)OC)CC[C@@H]1C(=O)OC. The Balaban J connectivity index is 2.79. The molecule has 90 valence electrons. The average Bonchev–Trinajstić information content (AvgIpc) is 2.71. The zero-order valence-electron chi connectivity index (χ0n) is 9.64. The maximum Gasteiger partial charge on any atom is 0.323 e. The number of hydrogen-bond acceptors (Lipinski definition) is 5. The van der Waals surface area contributed by atoms with Crippen molar-refractivity contribution in [2.75, 3.05) is 20.8 Å². The molecule has 1 rings (SSSR count). The molecule has 16 heavy (non-hydrogen) atoms. The van der Waals surface area contributed by atoms with Crippen molar-refractivity contribution in [1.29, 1.82) is 0 Å². The normalized spacial score (nSPS) is 25.1. The Morgan fingerprint density at radius 2 is 1.69 bits per heavy atom. The molecule has 1 aliphatic heterocycles. The summed E-state index contributed by atoms with van der Waals surface area (Å²) in [6, 6.07) is -0.737. The standard InChI is InChI=1S/C11H17NO4/c1-4-7-12-8(10(13)15-2)5-6-9(12)11(14)16-3/h4,8-9H,1,5-7H2,2-3H3/t8-,9-/m1/s1. The number of likely N-dealkylation sites (tertiary alicyclic amines) is 1. The summed E-state index contributed by atoms with van der Waals surface area (Å²) in [5.74, 6) is -0.624. The van der Waals surface area contributed by atoms with E-state index in [0.717, 1.165) is 0 Å². The third kappa shape index (κ3) is 2.41. The molecular formula is C11H17NO4. The molecule has 0 saturated carbocycles. The summed E-state index contributed by atoms with van der Waals surface area (Å²) in [5, 5.41) is 0. The Kier molecular flexibility index (Phi) is 4.49. The number of hydrogen-bond donors (Lipinski definition) is 0. The number of esters is 2. The lowest BCUT2D eigenvalue weighted by Gasteiger charge is -2.25. The summed E-state index contributed by atoms with van der Waals surface area (Å²) in [6.45, 7) is 4.09. The second-order valence-corrected chi connectivity index (χ2v) is 3.64. The smallest absolute Gasteiger partial charge is 0.323 e. The van der Waals surface area contributed by atoms with Crippen LogP contribution in [0.5, 0.6) is 0 Å². The van der Waals surface area contributed by atoms with E-state index in [1.165, 1.54) is 14.2 Å². The minimum atomic E-state index is -0.368. The van der Waals surface area contributed by atoms with Gasteiger partial charge < -0.3 is 9.47 Å². The molecule has 1 heterocycles. The first kappa shape index (κ1) is 12.7. The van der Waals surface area contributed by atoms with Crippen LogP contribution in [0.1, 0.15) is 12.8 Å². The van der Waals surface area contributed by atoms with E-state index in [4.69, 9.17) is 9.47 Å². The van der Waals surface area contributed by atoms with E-state index in [0.29, 0.717) is 19.4 Å². The summed E-state index contributed by atoms with van der Waals surface area (Å²) < 4.78 is 9.41. The van der Waals surface area contributed by atoms with E-state index >= 15 is 0 Å². The molecule has 1 fully saturated rings. The summed E-state index contributed by atoms with van der Waals surface area (Å²) >= 11 is 0. The third-order valence-corrected chi connectivity index (χ3v) is 2.80. The minimum absolute atomic E-state index is 0.312. The van der Waals surface area contributed by atoms with Crippen LogP contribution in [0, 0.1) is 0 Å². The van der Waals surface area contributed by atoms with Gasteiger partial charge in [-0.1, -0.05) is 6.08 Å². The van der Waals surface area contributed by atoms with E-state index in [9.17, 15) is 9.59 Å². The summed E-state index contributed by atoms with van der Waals surface area (Å²) in [6.07, 6.45) is 2.89. The maximum absolute atomic E-state index is 11.5. The first-order chi connectivity index (χ1) is 7.65. The van der Waals surface area contributed by atoms with Crippen LogP contribution in [-0.4, -0.2) is 49.7 Å². The first-order valence-electron chi connectivity index (χ1n) is 5.18. The Bertz CT molecular complexity index is 266. The lowest BCUT2D eigenvalue weighted by molar-refractivity contribution is -0.150. The average molecular weight is 227 g/mol. The molecule has 0 amide bonds. The molecule has 1 aliphatic rings. The molecule has 0 aromatic carbocycles. The van der Waals surface area contributed by atoms with Gasteiger partial charge in [0.1, 0.15) is 12.1 Å². The number of rotatable bonds is 4. The Morgan fingerprint density at radius 3 is 2.00 bits per heavy atom. The number of carbonyl (C=O) groups excluding carboxylic acids is 2. The Hall–Kier alpha value is -1.36. The molecule has 0 unspecified atom stereocenters. The summed E-state index contributed by atoms with van der Waals surface area (Å²) in [5.41, 5.74) is 0. The van der Waals surface area contributed by atoms with Crippen LogP contribution in [0.3, 0.4) is 0 Å². The fraction of sp³-hybridized carbons (Fsp3) is 0.636. The quantitative estimate of drug-likeness (QED) is 0.512. The molecule has 0 N–H and O–H groups in total. The Labute approximate surface area is 95.0 Å². The van der Waals surface area contributed by atoms with E-state index in [2.05, 4.69) is 6.58 Å². The van der Waals surface area contributed by atoms with Crippen molar-refractivity contribution in [2.45, 2.75) is 24.9 Å². The van der Waals surface area contributed by atoms with Gasteiger partial charge in [0.25, 0.3) is 0 Å². The van der Waals surface area contributed by atoms with Gasteiger partial charge in [-0.15, -0.1) is 6.58 Å². The monoisotopic (exact) mass is 227 g/mol. The minimum Gasteiger partial charge on any atom is -0.468 e. The maximum atomic E-state index is 11.5. The van der Waals surface area contributed by atoms with Crippen LogP contribution >= 0.6 is 0 Å². The van der Waals surface area contributed by atoms with Gasteiger partial charge in [0, 0.05) is 6.54 Å². The predicted octanol–water partition coefficient (Wildman–Crippen LogP) is 0.351. The fourth-order valence-electron chi connectivity index (χ4n) is 2.05. The van der Waals surface area contributed by atoms with Gasteiger partial charge in [0.2, 0.25) is 0 Å². The molecular weight excluding hydrogens is 210 g/mol. The highest BCUT2D eigenvalue weighted by Gasteiger charge is 2.41. The molecule has 1 saturated heterocycles. The van der Waals surface area contributed by atoms with Gasteiger partial charge in [-0.25, -0.2) is 0 Å². The number of carbonyl (C=O) groups is 2. The summed E-state index contributed by atoms with van der Waals surface area (Å²) in [4.78, 5) is 24.8. The second kappa shape index (κ2) is 5.65. The molecule has 0 bridgehead atoms. The highest BCUT2D eigenvalue weighted by atomic mass is 16.5. The topological polar surface area (TPSA) is 55.8 Å². The number of ether oxygens (including phenoxy) is 2. The third-order valence-electron chi connectivity index (χ3n) is 2.80. The van der Waals surface area contributed by atoms with Crippen molar-refractivity contribution in [1.82, 2.24) is 4.90 Å². The summed E-state index contributed by atoms with van der Waals surface area (Å²) in [7, 11) is 2.69. The van der Waals surface area contributed by atoms with Crippen LogP contribution in [0.15, 0.2) is 12.7 Å². The van der Waals surface area contributed by atoms with Crippen LogP contribution in [0.4, 0.5) is 0 Å². The molecule has 0 aromatic heterocycles. The van der Waals surface area contributed by atoms with E-state index < -0.39 is 0 Å². The largest absolute Gasteiger partial charge is 0.468 e. The van der Waals surface area contributed by atoms with Crippen LogP contribution in [0.2, 0.25) is 0 Å². The molecule has 5 heteroatoms. The molecule has 5 nitrogen and oxygen atoms in total. The second-order valence-electron chi connectivity index (χ2n) is 3.64. The van der Waals surface area contributed by atoms with Gasteiger partial charge >= 0.3 is 11.9 Å². The van der Waals surface area contributed by atoms with Crippen LogP contribution in [-0.2, 0) is 19.1 Å². The van der Waals surface area contributed by atoms with Crippen LogP contribution in [0.25, 0.3) is 0 Å². The lowest BCUT2D eigenvalue weighted by Crippen LogP contribution is -2.45. The molecule has 2 atom stereocenters. The number of methoxy groups -OCH3 is 2. The highest BCUT2D eigenvalue weighted by Crippen LogP contribution is 2.25. The zero-order valence-corrected chi connectivity index (χ0v) is 9.64. The van der Waals surface area contributed by atoms with Gasteiger partial charge in [0.05, 0.1) is 14.2 Å². The number of nitrogens with zero attached hydrogens (tertiary/aromatic N) is 1. The van der Waals surface area contributed by atoms with Crippen molar-refractivity contribution < 1.29 is 19.1 Å². The fourth-order valence-corrected chi connectivity index (χ4v) is 2.05. The van der Waals surface area contributed by atoms with E-state index in [1.807, 2.05) is 0 Å². The molecule has 0 aliphatic carbocycles. The molecule has 0 radical (unpaired) electrons. The van der Waals surface area contributed by atoms with E-state index in [1.54, 1.807) is 11.0 Å². The van der Waals surface area contributed by atoms with Crippen molar-refractivity contribution >= 4 is 11.9 Å². The van der Waals surface area contributed by atoms with Crippen molar-refractivity contribution in [3.05, 3.63) is 12.7 Å². The highest BCUT2D eigenvalue weighted by molar-refractivity contribution is 5.81. The van der Waals surface area contributed by atoms with Gasteiger partial charge in [-0.3, -0.25) is 14.5 Å². The van der Waals surface area contributed by atoms with Gasteiger partial charge in [-0.2, -0.15) is 0 Å². The van der Waals surface area contributed by atoms with Gasteiger partial charge in [-0.05, 0) is 12.8 Å². The van der Waals surface area contributed by atoms with Crippen molar-refractivity contribution in [3.8, 4) is 0 Å². The van der Waals surface area contributed by atoms with Gasteiger partial charge in [0.15, 0.2) is 0 Å². The van der Waals surface area contributed by atoms with Crippen molar-refractivity contribution in [3.63, 3.8) is 0 Å². The molecule has 0 aromatic rings. The van der Waals surface area contributed by atoms with Crippen LogP contribution < -0.4 is 0 Å². The zero-order chi connectivity index (χ0) is 12.1. The first-order valence-corrected chi connectivity index (χ1v) is 5.18. The van der Waals surface area contributed by atoms with Crippen molar-refractivity contribution in [2.24, 2.45) is 0 Å². The Morgan fingerprint density at radius 1 is 1.25 bits per heavy atom. The lowest BCUT2D eigenvalue weighted by atomic mass is 10.2. The predicted molar refractivity (Wildman–Crippen MR) is 57.7 cm³/mol. The van der Waals surface area contributed by atoms with E-state index in [-0.39, 0.29) is 24.0 Å². The molecule has 0 spiro atoms.